The van der Waals surface area contributed by atoms with Crippen molar-refractivity contribution < 1.29 is 47.1 Å². The molecule has 129 heavy (non-hydrogen) atoms. The van der Waals surface area contributed by atoms with E-state index in [0.717, 1.165) is 146 Å². The van der Waals surface area contributed by atoms with E-state index in [0.29, 0.717) is 108 Å². The third-order valence-electron chi connectivity index (χ3n) is 24.7. The van der Waals surface area contributed by atoms with Gasteiger partial charge in [0.2, 0.25) is 0 Å². The lowest BCUT2D eigenvalue weighted by atomic mass is 9.79. The third kappa shape index (κ3) is 25.7. The first kappa shape index (κ1) is 100. The Morgan fingerprint density at radius 1 is 0.209 bits per heavy atom. The van der Waals surface area contributed by atoms with Crippen molar-refractivity contribution in [1.82, 2.24) is 0 Å². The standard InChI is InChI=1S/C65H83O6P.C53H74O4/c1-16-29-66-58-44-32-46-38-53(63(7,8)9)40-48(59(46)67-30-17-2)34-50-42-55(65(13,14)15)43-51(61(50)71-72(69-56-25-21-19-22-26-56)70-57-27-23-20-24-28-57)35-49-41-54(64(10,11)12)39-47(60(49)68-31-18-3)33-45(58)37-52(36-44)62(4,5)6;1-16-19-55-47-36-22-34-26-42(50(4,5)6)27-35(46(34)54)23-37-29-44(52(10,11)12)31-39(48(37)56-20-17-2)25-41-33-45(53(13,14)15)32-40(49(41)57-21-18-3)24-38(47)30-43(28-36)51(7,8)9/h19-28,36-43H,16-18,29-35H2,1-15H3;26-33,54H,16-25H2,1-15H3. The van der Waals surface area contributed by atoms with E-state index in [1.165, 1.54) is 66.8 Å². The van der Waals surface area contributed by atoms with Crippen LogP contribution in [0, 0.1) is 0 Å². The Balaban J connectivity index is 0.000000257. The van der Waals surface area contributed by atoms with Crippen molar-refractivity contribution in [2.45, 2.75) is 341 Å². The highest BCUT2D eigenvalue weighted by Crippen LogP contribution is 2.52. The minimum atomic E-state index is -2.03. The molecule has 10 aromatic rings. The minimum absolute atomic E-state index is 0.0848. The second kappa shape index (κ2) is 41.6. The Kier molecular flexibility index (Phi) is 32.3. The number of ether oxygens (including phenoxy) is 6. The van der Waals surface area contributed by atoms with Crippen molar-refractivity contribution in [1.29, 1.82) is 0 Å². The molecule has 0 fully saturated rings. The van der Waals surface area contributed by atoms with Crippen LogP contribution >= 0.6 is 8.60 Å². The summed E-state index contributed by atoms with van der Waals surface area (Å²) in [5.41, 5.74) is 26.7. The van der Waals surface area contributed by atoms with Gasteiger partial charge in [0.15, 0.2) is 0 Å². The van der Waals surface area contributed by atoms with Gasteiger partial charge in [-0.3, -0.25) is 0 Å². The number of benzene rings is 10. The zero-order valence-corrected chi connectivity index (χ0v) is 85.6. The van der Waals surface area contributed by atoms with Gasteiger partial charge in [0.25, 0.3) is 0 Å². The van der Waals surface area contributed by atoms with Crippen molar-refractivity contribution in [3.63, 3.8) is 0 Å². The Bertz CT molecular complexity index is 5190. The molecule has 0 aliphatic heterocycles. The summed E-state index contributed by atoms with van der Waals surface area (Å²) in [6.07, 6.45) is 10.2. The first-order valence-corrected chi connectivity index (χ1v) is 49.4. The van der Waals surface area contributed by atoms with Gasteiger partial charge in [0.05, 0.1) is 39.6 Å². The van der Waals surface area contributed by atoms with E-state index in [2.05, 4.69) is 305 Å². The average Bonchev–Trinajstić information content (AvgIpc) is 0.763. The fourth-order valence-corrected chi connectivity index (χ4v) is 18.1. The Labute approximate surface area is 780 Å². The van der Waals surface area contributed by atoms with Crippen LogP contribution in [0.25, 0.3) is 0 Å². The summed E-state index contributed by atoms with van der Waals surface area (Å²) < 4.78 is 62.6. The van der Waals surface area contributed by atoms with Crippen molar-refractivity contribution in [2.24, 2.45) is 0 Å². The van der Waals surface area contributed by atoms with Crippen molar-refractivity contribution in [2.75, 3.05) is 39.6 Å². The average molecular weight is 1770 g/mol. The molecule has 0 amide bonds. The summed E-state index contributed by atoms with van der Waals surface area (Å²) in [6.45, 7) is 71.9. The molecule has 10 aromatic carbocycles. The molecule has 11 heteroatoms. The van der Waals surface area contributed by atoms with Crippen LogP contribution in [0.3, 0.4) is 0 Å². The fraction of sp³-hybridized carbons (Fsp3) is 0.492. The molecule has 0 saturated heterocycles. The van der Waals surface area contributed by atoms with Crippen LogP contribution in [-0.2, 0) is 94.7 Å². The predicted molar refractivity (Wildman–Crippen MR) is 542 cm³/mol. The SMILES string of the molecule is CCCOc1c2cc(C(C)(C)C)cc1Cc1cc(C(C)(C)C)cc(c1OCCC)Cc1cc(C(C)(C)C)cc(c1OCCC)Cc1cc(C(C)(C)C)cc(c1O)C2.CCCOc1c2cc(C(C)(C)C)cc1Cc1cc(C(C)(C)C)cc(c1OCCC)Cc1cc(C(C)(C)C)cc(c1OP(Oc1ccccc1)Oc1ccccc1)Cc1cc(C(C)(C)C)cc(c1OCCC)C2. The number of aromatic hydroxyl groups is 1. The van der Waals surface area contributed by atoms with Gasteiger partial charge in [0, 0.05) is 51.4 Å². The summed E-state index contributed by atoms with van der Waals surface area (Å²) in [7, 11) is -2.03. The summed E-state index contributed by atoms with van der Waals surface area (Å²) in [6, 6.07) is 57.4. The normalized spacial score (nSPS) is 13.4. The number of hydrogen-bond acceptors (Lipinski definition) is 10. The van der Waals surface area contributed by atoms with Crippen molar-refractivity contribution >= 4 is 8.60 Å². The molecule has 16 bridgehead atoms. The van der Waals surface area contributed by atoms with E-state index in [-0.39, 0.29) is 43.3 Å². The second-order valence-corrected chi connectivity index (χ2v) is 45.6. The maximum absolute atomic E-state index is 12.4. The molecule has 0 heterocycles. The number of rotatable bonds is 24. The van der Waals surface area contributed by atoms with Crippen LogP contribution in [0.15, 0.2) is 158 Å². The molecule has 1 N–H and O–H groups in total. The predicted octanol–water partition coefficient (Wildman–Crippen LogP) is 31.3. The molecule has 2 aliphatic carbocycles. The first-order valence-electron chi connectivity index (χ1n) is 48.3. The molecule has 12 rings (SSSR count). The van der Waals surface area contributed by atoms with E-state index in [1.807, 2.05) is 60.7 Å². The molecule has 0 spiro atoms. The molecule has 0 aromatic heterocycles. The molecular weight excluding hydrogens is 1610 g/mol. The van der Waals surface area contributed by atoms with E-state index < -0.39 is 8.60 Å². The Hall–Kier alpha value is -9.37. The lowest BCUT2D eigenvalue weighted by Crippen LogP contribution is -2.18. The van der Waals surface area contributed by atoms with E-state index in [4.69, 9.17) is 42.0 Å². The Morgan fingerprint density at radius 3 is 0.512 bits per heavy atom. The highest BCUT2D eigenvalue weighted by Gasteiger charge is 2.35. The van der Waals surface area contributed by atoms with Gasteiger partial charge < -0.3 is 47.1 Å². The topological polar surface area (TPSA) is 103 Å². The maximum Gasteiger partial charge on any atom is 0.530 e. The molecule has 694 valence electrons. The smallest absolute Gasteiger partial charge is 0.507 e. The van der Waals surface area contributed by atoms with Crippen LogP contribution in [0.4, 0.5) is 0 Å². The van der Waals surface area contributed by atoms with Crippen LogP contribution in [0.1, 0.15) is 380 Å². The van der Waals surface area contributed by atoms with Gasteiger partial charge in [0.1, 0.15) is 57.5 Å². The van der Waals surface area contributed by atoms with Gasteiger partial charge in [-0.25, -0.2) is 0 Å². The fourth-order valence-electron chi connectivity index (χ4n) is 17.0. The largest absolute Gasteiger partial charge is 0.530 e. The van der Waals surface area contributed by atoms with Gasteiger partial charge in [-0.2, -0.15) is 0 Å². The molecule has 0 atom stereocenters. The van der Waals surface area contributed by atoms with E-state index in [9.17, 15) is 5.11 Å². The minimum Gasteiger partial charge on any atom is -0.507 e. The highest BCUT2D eigenvalue weighted by molar-refractivity contribution is 7.43. The van der Waals surface area contributed by atoms with Crippen molar-refractivity contribution in [3.8, 4) is 57.5 Å². The van der Waals surface area contributed by atoms with Crippen LogP contribution in [0.5, 0.6) is 57.5 Å². The lowest BCUT2D eigenvalue weighted by molar-refractivity contribution is 0.306. The summed E-state index contributed by atoms with van der Waals surface area (Å²) in [5, 5.41) is 12.4. The van der Waals surface area contributed by atoms with Crippen LogP contribution in [-0.4, -0.2) is 44.7 Å². The maximum atomic E-state index is 12.4. The number of phenolic OH excluding ortho intramolecular Hbond substituents is 1. The van der Waals surface area contributed by atoms with Crippen LogP contribution < -0.4 is 42.0 Å². The van der Waals surface area contributed by atoms with E-state index >= 15 is 0 Å². The number of fused-ring (bicyclic) bond motifs is 16. The van der Waals surface area contributed by atoms with E-state index in [1.54, 1.807) is 0 Å². The second-order valence-electron chi connectivity index (χ2n) is 44.6. The van der Waals surface area contributed by atoms with Gasteiger partial charge >= 0.3 is 8.60 Å². The molecular formula is C118H157O10P. The quantitative estimate of drug-likeness (QED) is 0.0588. The summed E-state index contributed by atoms with van der Waals surface area (Å²) in [5.74, 6) is 8.08. The Morgan fingerprint density at radius 2 is 0.357 bits per heavy atom. The molecule has 0 unspecified atom stereocenters. The summed E-state index contributed by atoms with van der Waals surface area (Å²) in [4.78, 5) is 0. The zero-order chi connectivity index (χ0) is 94.1. The molecule has 0 radical (unpaired) electrons. The monoisotopic (exact) mass is 1770 g/mol. The van der Waals surface area contributed by atoms with Gasteiger partial charge in [-0.05, 0) is 240 Å². The number of hydrogen-bond donors (Lipinski definition) is 1. The third-order valence-corrected chi connectivity index (χ3v) is 25.7. The highest BCUT2D eigenvalue weighted by atomic mass is 31.2. The number of phenols is 1. The van der Waals surface area contributed by atoms with Crippen LogP contribution in [0.2, 0.25) is 0 Å². The molecule has 0 saturated carbocycles. The lowest BCUT2D eigenvalue weighted by Gasteiger charge is -2.29. The first-order chi connectivity index (χ1) is 60.6. The van der Waals surface area contributed by atoms with Gasteiger partial charge in [-0.1, -0.05) is 341 Å². The summed E-state index contributed by atoms with van der Waals surface area (Å²) >= 11 is 0. The zero-order valence-electron chi connectivity index (χ0n) is 84.7. The molecule has 10 nitrogen and oxygen atoms in total. The van der Waals surface area contributed by atoms with Gasteiger partial charge in [-0.15, -0.1) is 0 Å². The number of para-hydroxylation sites is 2. The molecule has 2 aliphatic rings. The van der Waals surface area contributed by atoms with Crippen molar-refractivity contribution in [3.05, 3.63) is 291 Å².